The molecule has 0 spiro atoms. The Labute approximate surface area is 187 Å². The first-order valence-electron chi connectivity index (χ1n) is 10.9. The Kier molecular flexibility index (Phi) is 7.34. The molecular formula is C22H30N4O4S. The molecule has 2 aromatic rings. The minimum Gasteiger partial charge on any atom is -0.497 e. The van der Waals surface area contributed by atoms with Gasteiger partial charge in [0.25, 0.3) is 0 Å². The molecule has 1 aliphatic carbocycles. The normalized spacial score (nSPS) is 17.5. The lowest BCUT2D eigenvalue weighted by Crippen LogP contribution is -2.41. The Morgan fingerprint density at radius 2 is 1.74 bits per heavy atom. The highest BCUT2D eigenvalue weighted by molar-refractivity contribution is 7.99. The highest BCUT2D eigenvalue weighted by Crippen LogP contribution is 2.37. The van der Waals surface area contributed by atoms with Gasteiger partial charge in [0.05, 0.1) is 33.2 Å². The third-order valence-corrected chi connectivity index (χ3v) is 6.83. The first-order valence-corrected chi connectivity index (χ1v) is 11.8. The van der Waals surface area contributed by atoms with Crippen molar-refractivity contribution in [1.82, 2.24) is 19.7 Å². The lowest BCUT2D eigenvalue weighted by Gasteiger charge is -2.27. The largest absolute Gasteiger partial charge is 0.497 e. The Bertz CT molecular complexity index is 869. The number of hydrogen-bond donors (Lipinski definition) is 0. The molecule has 0 unspecified atom stereocenters. The van der Waals surface area contributed by atoms with Crippen molar-refractivity contribution >= 4 is 17.7 Å². The summed E-state index contributed by atoms with van der Waals surface area (Å²) < 4.78 is 18.5. The molecule has 0 radical (unpaired) electrons. The zero-order valence-electron chi connectivity index (χ0n) is 18.2. The lowest BCUT2D eigenvalue weighted by atomic mass is 9.95. The van der Waals surface area contributed by atoms with Gasteiger partial charge in [0.2, 0.25) is 5.91 Å². The molecule has 9 heteroatoms. The number of methoxy groups -OCH3 is 2. The number of morpholine rings is 1. The number of benzene rings is 1. The number of hydrogen-bond acceptors (Lipinski definition) is 7. The number of ether oxygens (including phenoxy) is 3. The molecule has 1 aromatic heterocycles. The summed E-state index contributed by atoms with van der Waals surface area (Å²) in [5.74, 6) is 2.70. The summed E-state index contributed by atoms with van der Waals surface area (Å²) >= 11 is 1.47. The van der Waals surface area contributed by atoms with Gasteiger partial charge < -0.3 is 19.1 Å². The number of aromatic nitrogens is 3. The van der Waals surface area contributed by atoms with Gasteiger partial charge in [0.15, 0.2) is 11.0 Å². The van der Waals surface area contributed by atoms with E-state index in [1.807, 2.05) is 23.1 Å². The zero-order valence-corrected chi connectivity index (χ0v) is 19.0. The van der Waals surface area contributed by atoms with Crippen molar-refractivity contribution in [2.45, 2.75) is 43.3 Å². The SMILES string of the molecule is COc1cc(OC)cc(-c2nnc(SCC(=O)N3CCOCC3)n2C2CCCCC2)c1. The van der Waals surface area contributed by atoms with E-state index in [1.165, 1.54) is 31.0 Å². The van der Waals surface area contributed by atoms with Crippen LogP contribution in [0.25, 0.3) is 11.4 Å². The van der Waals surface area contributed by atoms with Crippen molar-refractivity contribution in [2.24, 2.45) is 0 Å². The van der Waals surface area contributed by atoms with Crippen LogP contribution in [0.4, 0.5) is 0 Å². The number of amides is 1. The van der Waals surface area contributed by atoms with Gasteiger partial charge in [-0.2, -0.15) is 0 Å². The van der Waals surface area contributed by atoms with Crippen molar-refractivity contribution in [1.29, 1.82) is 0 Å². The number of nitrogens with zero attached hydrogens (tertiary/aromatic N) is 4. The van der Waals surface area contributed by atoms with E-state index in [9.17, 15) is 4.79 Å². The van der Waals surface area contributed by atoms with Crippen LogP contribution in [0, 0.1) is 0 Å². The van der Waals surface area contributed by atoms with E-state index in [2.05, 4.69) is 14.8 Å². The molecule has 1 aromatic carbocycles. The van der Waals surface area contributed by atoms with E-state index < -0.39 is 0 Å². The molecule has 31 heavy (non-hydrogen) atoms. The van der Waals surface area contributed by atoms with E-state index in [4.69, 9.17) is 14.2 Å². The van der Waals surface area contributed by atoms with Gasteiger partial charge in [-0.05, 0) is 25.0 Å². The molecule has 1 aliphatic heterocycles. The average molecular weight is 447 g/mol. The van der Waals surface area contributed by atoms with Gasteiger partial charge in [-0.1, -0.05) is 31.0 Å². The average Bonchev–Trinajstić information content (AvgIpc) is 3.27. The van der Waals surface area contributed by atoms with Crippen LogP contribution in [0.3, 0.4) is 0 Å². The standard InChI is InChI=1S/C22H30N4O4S/c1-28-18-12-16(13-19(14-18)29-2)21-23-24-22(26(21)17-6-4-3-5-7-17)31-15-20(27)25-8-10-30-11-9-25/h12-14,17H,3-11,15H2,1-2H3. The molecule has 2 fully saturated rings. The van der Waals surface area contributed by atoms with Crippen LogP contribution in [-0.4, -0.2) is 71.8 Å². The second kappa shape index (κ2) is 10.4. The third-order valence-electron chi connectivity index (χ3n) is 5.90. The number of carbonyl (C=O) groups excluding carboxylic acids is 1. The van der Waals surface area contributed by atoms with Crippen molar-refractivity contribution in [3.05, 3.63) is 18.2 Å². The van der Waals surface area contributed by atoms with Crippen molar-refractivity contribution in [2.75, 3.05) is 46.3 Å². The molecule has 1 amide bonds. The summed E-state index contributed by atoms with van der Waals surface area (Å²) in [5.41, 5.74) is 0.903. The second-order valence-electron chi connectivity index (χ2n) is 7.85. The summed E-state index contributed by atoms with van der Waals surface area (Å²) in [7, 11) is 3.28. The van der Waals surface area contributed by atoms with Crippen LogP contribution in [0.15, 0.2) is 23.4 Å². The van der Waals surface area contributed by atoms with Gasteiger partial charge in [-0.15, -0.1) is 10.2 Å². The molecule has 2 heterocycles. The van der Waals surface area contributed by atoms with Crippen molar-refractivity contribution in [3.8, 4) is 22.9 Å². The molecule has 2 aliphatic rings. The van der Waals surface area contributed by atoms with Crippen LogP contribution in [0.2, 0.25) is 0 Å². The molecule has 0 atom stereocenters. The molecular weight excluding hydrogens is 416 g/mol. The minimum absolute atomic E-state index is 0.121. The quantitative estimate of drug-likeness (QED) is 0.603. The first kappa shape index (κ1) is 22.0. The predicted octanol–water partition coefficient (Wildman–Crippen LogP) is 3.42. The van der Waals surface area contributed by atoms with E-state index in [0.717, 1.165) is 29.4 Å². The van der Waals surface area contributed by atoms with Crippen LogP contribution >= 0.6 is 11.8 Å². The van der Waals surface area contributed by atoms with Gasteiger partial charge in [0, 0.05) is 30.8 Å². The first-order chi connectivity index (χ1) is 15.2. The highest BCUT2D eigenvalue weighted by Gasteiger charge is 2.26. The number of carbonyl (C=O) groups is 1. The summed E-state index contributed by atoms with van der Waals surface area (Å²) in [6, 6.07) is 6.09. The summed E-state index contributed by atoms with van der Waals surface area (Å²) in [4.78, 5) is 14.5. The van der Waals surface area contributed by atoms with E-state index in [-0.39, 0.29) is 5.91 Å². The van der Waals surface area contributed by atoms with Crippen molar-refractivity contribution in [3.63, 3.8) is 0 Å². The molecule has 0 bridgehead atoms. The van der Waals surface area contributed by atoms with Crippen LogP contribution in [0.1, 0.15) is 38.1 Å². The van der Waals surface area contributed by atoms with Gasteiger partial charge >= 0.3 is 0 Å². The van der Waals surface area contributed by atoms with Gasteiger partial charge in [-0.3, -0.25) is 9.36 Å². The van der Waals surface area contributed by atoms with E-state index in [1.54, 1.807) is 14.2 Å². The molecule has 8 nitrogen and oxygen atoms in total. The molecule has 1 saturated heterocycles. The number of rotatable bonds is 7. The Balaban J connectivity index is 1.62. The minimum atomic E-state index is 0.121. The predicted molar refractivity (Wildman–Crippen MR) is 119 cm³/mol. The monoisotopic (exact) mass is 446 g/mol. The Hall–Kier alpha value is -2.26. The molecule has 168 valence electrons. The van der Waals surface area contributed by atoms with Crippen LogP contribution in [0.5, 0.6) is 11.5 Å². The fourth-order valence-corrected chi connectivity index (χ4v) is 5.12. The molecule has 4 rings (SSSR count). The van der Waals surface area contributed by atoms with E-state index in [0.29, 0.717) is 49.6 Å². The molecule has 0 N–H and O–H groups in total. The molecule has 1 saturated carbocycles. The Morgan fingerprint density at radius 1 is 1.06 bits per heavy atom. The maximum Gasteiger partial charge on any atom is 0.233 e. The summed E-state index contributed by atoms with van der Waals surface area (Å²) in [6.45, 7) is 2.53. The maximum absolute atomic E-state index is 12.7. The zero-order chi connectivity index (χ0) is 21.6. The van der Waals surface area contributed by atoms with Crippen LogP contribution < -0.4 is 9.47 Å². The van der Waals surface area contributed by atoms with Gasteiger partial charge in [0.1, 0.15) is 11.5 Å². The van der Waals surface area contributed by atoms with Gasteiger partial charge in [-0.25, -0.2) is 0 Å². The second-order valence-corrected chi connectivity index (χ2v) is 8.79. The van der Waals surface area contributed by atoms with Crippen molar-refractivity contribution < 1.29 is 19.0 Å². The Morgan fingerprint density at radius 3 is 2.39 bits per heavy atom. The van der Waals surface area contributed by atoms with Crippen LogP contribution in [-0.2, 0) is 9.53 Å². The highest BCUT2D eigenvalue weighted by atomic mass is 32.2. The smallest absolute Gasteiger partial charge is 0.233 e. The number of thioether (sulfide) groups is 1. The summed E-state index contributed by atoms with van der Waals surface area (Å²) in [6.07, 6.45) is 5.84. The third kappa shape index (κ3) is 5.15. The fraction of sp³-hybridized carbons (Fsp3) is 0.591. The summed E-state index contributed by atoms with van der Waals surface area (Å²) in [5, 5.41) is 9.83. The van der Waals surface area contributed by atoms with E-state index >= 15 is 0 Å². The maximum atomic E-state index is 12.7. The topological polar surface area (TPSA) is 78.7 Å². The lowest BCUT2D eigenvalue weighted by molar-refractivity contribution is -0.132. The fourth-order valence-electron chi connectivity index (χ4n) is 4.21.